The molecule has 5 aromatic rings. The second kappa shape index (κ2) is 11.6. The van der Waals surface area contributed by atoms with Crippen molar-refractivity contribution in [1.82, 2.24) is 9.38 Å². The molecule has 0 saturated carbocycles. The Kier molecular flexibility index (Phi) is 7.82. The Hall–Kier alpha value is -4.99. The molecule has 3 aromatic carbocycles. The van der Waals surface area contributed by atoms with E-state index in [1.165, 1.54) is 6.07 Å². The monoisotopic (exact) mass is 561 g/mol. The summed E-state index contributed by atoms with van der Waals surface area (Å²) in [5.41, 5.74) is 3.75. The van der Waals surface area contributed by atoms with Crippen LogP contribution in [0, 0.1) is 6.92 Å². The van der Waals surface area contributed by atoms with Crippen LogP contribution in [0.1, 0.15) is 27.9 Å². The van der Waals surface area contributed by atoms with Gasteiger partial charge in [0.15, 0.2) is 5.65 Å². The number of pyridine rings is 1. The van der Waals surface area contributed by atoms with Gasteiger partial charge in [0.2, 0.25) is 0 Å². The molecule has 0 saturated heterocycles. The third kappa shape index (κ3) is 6.96. The minimum atomic E-state index is -4.31. The van der Waals surface area contributed by atoms with E-state index in [0.29, 0.717) is 52.0 Å². The number of halogens is 3. The number of carboxylic acids is 1. The topological polar surface area (TPSA) is 85.1 Å². The third-order valence-corrected chi connectivity index (χ3v) is 6.31. The average Bonchev–Trinajstić information content (AvgIpc) is 3.37. The van der Waals surface area contributed by atoms with Crippen LogP contribution >= 0.6 is 0 Å². The van der Waals surface area contributed by atoms with Crippen molar-refractivity contribution >= 4 is 17.3 Å². The van der Waals surface area contributed by atoms with Crippen molar-refractivity contribution in [3.05, 3.63) is 108 Å². The van der Waals surface area contributed by atoms with Crippen LogP contribution < -0.4 is 14.8 Å². The summed E-state index contributed by atoms with van der Waals surface area (Å²) in [7, 11) is 0. The maximum absolute atomic E-state index is 12.8. The second-order valence-electron chi connectivity index (χ2n) is 9.42. The zero-order valence-corrected chi connectivity index (χ0v) is 22.0. The van der Waals surface area contributed by atoms with E-state index in [2.05, 4.69) is 10.3 Å². The quantitative estimate of drug-likeness (QED) is 0.181. The summed E-state index contributed by atoms with van der Waals surface area (Å²) >= 11 is 0. The van der Waals surface area contributed by atoms with Crippen molar-refractivity contribution in [2.45, 2.75) is 26.1 Å². The summed E-state index contributed by atoms with van der Waals surface area (Å²) < 4.78 is 52.0. The van der Waals surface area contributed by atoms with E-state index in [0.717, 1.165) is 5.56 Å². The number of nitrogens with one attached hydrogen (secondary N) is 1. The first-order chi connectivity index (χ1) is 19.6. The molecule has 0 aliphatic carbocycles. The molecular formula is C31H26F3N3O4. The minimum Gasteiger partial charge on any atom is -0.489 e. The molecule has 41 heavy (non-hydrogen) atoms. The highest BCUT2D eigenvalue weighted by molar-refractivity contribution is 5.90. The van der Waals surface area contributed by atoms with E-state index < -0.39 is 18.6 Å². The second-order valence-corrected chi connectivity index (χ2v) is 9.42. The molecule has 5 rings (SSSR count). The molecule has 0 radical (unpaired) electrons. The van der Waals surface area contributed by atoms with Crippen LogP contribution in [0.15, 0.2) is 91.3 Å². The normalized spacial score (nSPS) is 11.4. The highest BCUT2D eigenvalue weighted by Gasteiger charge is 2.26. The molecule has 10 heteroatoms. The first-order valence-corrected chi connectivity index (χ1v) is 12.8. The number of imidazole rings is 1. The van der Waals surface area contributed by atoms with Crippen LogP contribution in [0.25, 0.3) is 16.9 Å². The number of nitrogens with zero attached hydrogens (tertiary/aromatic N) is 2. The van der Waals surface area contributed by atoms with Gasteiger partial charge in [0.05, 0.1) is 29.6 Å². The molecule has 2 aromatic heterocycles. The zero-order chi connectivity index (χ0) is 29.0. The lowest BCUT2D eigenvalue weighted by Gasteiger charge is -2.13. The Labute approximate surface area is 233 Å². The molecule has 210 valence electrons. The summed E-state index contributed by atoms with van der Waals surface area (Å²) in [4.78, 5) is 16.0. The summed E-state index contributed by atoms with van der Waals surface area (Å²) in [5.74, 6) is 0.525. The number of alkyl halides is 3. The molecular weight excluding hydrogens is 535 g/mol. The number of aryl methyl sites for hydroxylation is 1. The van der Waals surface area contributed by atoms with Gasteiger partial charge in [-0.1, -0.05) is 36.4 Å². The van der Waals surface area contributed by atoms with Crippen LogP contribution in [0.5, 0.6) is 17.2 Å². The molecule has 0 aliphatic heterocycles. The molecule has 0 bridgehead atoms. The number of hydrogen-bond acceptors (Lipinski definition) is 5. The van der Waals surface area contributed by atoms with Crippen LogP contribution in [0.2, 0.25) is 0 Å². The Bertz CT molecular complexity index is 1670. The Morgan fingerprint density at radius 3 is 2.37 bits per heavy atom. The number of rotatable bonds is 10. The predicted molar refractivity (Wildman–Crippen MR) is 149 cm³/mol. The SMILES string of the molecule is Cc1cc(-c2cn3cc(Oc4ccc(OCc5ccccc5)cc4)cc(NCCC(F)(F)F)c3n2)ccc1C(=O)O. The van der Waals surface area contributed by atoms with Gasteiger partial charge in [-0.3, -0.25) is 0 Å². The number of hydrogen-bond donors (Lipinski definition) is 2. The van der Waals surface area contributed by atoms with Gasteiger partial charge in [0, 0.05) is 24.4 Å². The zero-order valence-electron chi connectivity index (χ0n) is 22.0. The molecule has 0 atom stereocenters. The highest BCUT2D eigenvalue weighted by Crippen LogP contribution is 2.32. The van der Waals surface area contributed by atoms with Gasteiger partial charge >= 0.3 is 12.1 Å². The first-order valence-electron chi connectivity index (χ1n) is 12.8. The maximum atomic E-state index is 12.8. The van der Waals surface area contributed by atoms with Crippen LogP contribution in [-0.4, -0.2) is 33.2 Å². The van der Waals surface area contributed by atoms with Gasteiger partial charge in [0.1, 0.15) is 23.9 Å². The number of aromatic carboxylic acids is 1. The van der Waals surface area contributed by atoms with Gasteiger partial charge in [0.25, 0.3) is 0 Å². The van der Waals surface area contributed by atoms with Gasteiger partial charge in [-0.25, -0.2) is 9.78 Å². The lowest BCUT2D eigenvalue weighted by Crippen LogP contribution is -2.15. The average molecular weight is 562 g/mol. The molecule has 0 amide bonds. The number of anilines is 1. The largest absolute Gasteiger partial charge is 0.489 e. The highest BCUT2D eigenvalue weighted by atomic mass is 19.4. The molecule has 0 spiro atoms. The van der Waals surface area contributed by atoms with Crippen molar-refractivity contribution in [1.29, 1.82) is 0 Å². The number of ether oxygens (including phenoxy) is 2. The Morgan fingerprint density at radius 1 is 0.951 bits per heavy atom. The summed E-state index contributed by atoms with van der Waals surface area (Å²) in [6.45, 7) is 1.77. The summed E-state index contributed by atoms with van der Waals surface area (Å²) in [6, 6.07) is 23.3. The lowest BCUT2D eigenvalue weighted by atomic mass is 10.0. The molecule has 2 heterocycles. The molecule has 0 fully saturated rings. The Balaban J connectivity index is 1.40. The molecule has 2 N–H and O–H groups in total. The Morgan fingerprint density at radius 2 is 1.68 bits per heavy atom. The minimum absolute atomic E-state index is 0.180. The number of carboxylic acid groups (broad SMARTS) is 1. The van der Waals surface area contributed by atoms with Crippen LogP contribution in [0.4, 0.5) is 18.9 Å². The maximum Gasteiger partial charge on any atom is 0.390 e. The van der Waals surface area contributed by atoms with Crippen LogP contribution in [0.3, 0.4) is 0 Å². The summed E-state index contributed by atoms with van der Waals surface area (Å²) in [6.07, 6.45) is -1.93. The van der Waals surface area contributed by atoms with E-state index in [4.69, 9.17) is 9.47 Å². The van der Waals surface area contributed by atoms with Crippen molar-refractivity contribution in [2.75, 3.05) is 11.9 Å². The molecule has 7 nitrogen and oxygen atoms in total. The van der Waals surface area contributed by atoms with Gasteiger partial charge in [-0.05, 0) is 54.4 Å². The van der Waals surface area contributed by atoms with Crippen molar-refractivity contribution in [3.8, 4) is 28.5 Å². The van der Waals surface area contributed by atoms with Crippen molar-refractivity contribution < 1.29 is 32.5 Å². The van der Waals surface area contributed by atoms with E-state index in [1.807, 2.05) is 30.3 Å². The van der Waals surface area contributed by atoms with E-state index in [1.54, 1.807) is 66.2 Å². The van der Waals surface area contributed by atoms with Gasteiger partial charge < -0.3 is 24.3 Å². The standard InChI is InChI=1S/C31H26F3N3O4/c1-20-15-22(7-12-26(20)30(38)39)28-18-37-17-25(16-27(29(37)36-28)35-14-13-31(32,33)34)41-24-10-8-23(9-11-24)40-19-21-5-3-2-4-6-21/h2-12,15-18,35H,13-14,19H2,1H3,(H,38,39). The fraction of sp³-hybridized carbons (Fsp3) is 0.161. The fourth-order valence-electron chi connectivity index (χ4n) is 4.28. The summed E-state index contributed by atoms with van der Waals surface area (Å²) in [5, 5.41) is 12.2. The number of carbonyl (C=O) groups is 1. The molecule has 0 aliphatic rings. The first kappa shape index (κ1) is 27.6. The number of fused-ring (bicyclic) bond motifs is 1. The van der Waals surface area contributed by atoms with Crippen LogP contribution in [-0.2, 0) is 6.61 Å². The van der Waals surface area contributed by atoms with Gasteiger partial charge in [-0.2, -0.15) is 13.2 Å². The lowest BCUT2D eigenvalue weighted by molar-refractivity contribution is -0.131. The number of benzene rings is 3. The van der Waals surface area contributed by atoms with E-state index >= 15 is 0 Å². The molecule has 0 unspecified atom stereocenters. The van der Waals surface area contributed by atoms with Gasteiger partial charge in [-0.15, -0.1) is 0 Å². The predicted octanol–water partition coefficient (Wildman–Crippen LogP) is 7.74. The number of aromatic nitrogens is 2. The van der Waals surface area contributed by atoms with E-state index in [-0.39, 0.29) is 12.1 Å². The van der Waals surface area contributed by atoms with Crippen molar-refractivity contribution in [2.24, 2.45) is 0 Å². The smallest absolute Gasteiger partial charge is 0.390 e. The van der Waals surface area contributed by atoms with E-state index in [9.17, 15) is 23.1 Å². The fourth-order valence-corrected chi connectivity index (χ4v) is 4.28. The third-order valence-electron chi connectivity index (χ3n) is 6.31. The van der Waals surface area contributed by atoms with Crippen molar-refractivity contribution in [3.63, 3.8) is 0 Å².